The zero-order valence-corrected chi connectivity index (χ0v) is 12.9. The van der Waals surface area contributed by atoms with Crippen LogP contribution in [0.25, 0.3) is 0 Å². The number of hydrogen-bond donors (Lipinski definition) is 1. The van der Waals surface area contributed by atoms with Crippen molar-refractivity contribution in [3.05, 3.63) is 52.0 Å². The first-order chi connectivity index (χ1) is 10.2. The molecule has 5 heteroatoms. The second-order valence-corrected chi connectivity index (χ2v) is 6.45. The molecule has 2 heterocycles. The van der Waals surface area contributed by atoms with E-state index in [9.17, 15) is 4.79 Å². The van der Waals surface area contributed by atoms with Crippen LogP contribution in [0.1, 0.15) is 16.3 Å². The first-order valence-corrected chi connectivity index (χ1v) is 8.03. The molecular weight excluding hydrogens is 282 g/mol. The van der Waals surface area contributed by atoms with E-state index in [1.54, 1.807) is 11.3 Å². The quantitative estimate of drug-likeness (QED) is 0.939. The first-order valence-electron chi connectivity index (χ1n) is 7.16. The molecule has 1 aliphatic heterocycles. The number of carbonyl (C=O) groups is 1. The predicted molar refractivity (Wildman–Crippen MR) is 84.2 cm³/mol. The maximum atomic E-state index is 11.9. The summed E-state index contributed by atoms with van der Waals surface area (Å²) >= 11 is 1.67. The first kappa shape index (κ1) is 14.2. The number of rotatable bonds is 4. The van der Waals surface area contributed by atoms with E-state index in [4.69, 9.17) is 0 Å². The topological polar surface area (TPSA) is 45.2 Å². The van der Waals surface area contributed by atoms with E-state index < -0.39 is 0 Å². The van der Waals surface area contributed by atoms with E-state index in [0.717, 1.165) is 30.2 Å². The van der Waals surface area contributed by atoms with Crippen LogP contribution < -0.4 is 5.32 Å². The highest BCUT2D eigenvalue weighted by Gasteiger charge is 2.25. The fourth-order valence-electron chi connectivity index (χ4n) is 2.70. The fourth-order valence-corrected chi connectivity index (χ4v) is 3.51. The van der Waals surface area contributed by atoms with Gasteiger partial charge in [-0.3, -0.25) is 9.69 Å². The second kappa shape index (κ2) is 6.37. The molecule has 1 aromatic carbocycles. The summed E-state index contributed by atoms with van der Waals surface area (Å²) in [5.74, 6) is 0.107. The van der Waals surface area contributed by atoms with E-state index >= 15 is 0 Å². The molecule has 110 valence electrons. The number of aromatic nitrogens is 1. The van der Waals surface area contributed by atoms with Crippen LogP contribution in [-0.4, -0.2) is 34.9 Å². The monoisotopic (exact) mass is 301 g/mol. The van der Waals surface area contributed by atoms with Gasteiger partial charge in [0.15, 0.2) is 0 Å². The molecule has 1 N–H and O–H groups in total. The molecule has 1 aliphatic rings. The zero-order chi connectivity index (χ0) is 14.7. The van der Waals surface area contributed by atoms with E-state index in [0.29, 0.717) is 6.54 Å². The molecule has 1 aromatic heterocycles. The number of amides is 1. The summed E-state index contributed by atoms with van der Waals surface area (Å²) in [5, 5.41) is 6.23. The van der Waals surface area contributed by atoms with Crippen molar-refractivity contribution in [2.45, 2.75) is 25.9 Å². The number of benzene rings is 1. The number of thiazole rings is 1. The molecule has 1 fully saturated rings. The zero-order valence-electron chi connectivity index (χ0n) is 12.1. The Bertz CT molecular complexity index is 611. The molecule has 0 radical (unpaired) electrons. The van der Waals surface area contributed by atoms with Crippen molar-refractivity contribution in [2.24, 2.45) is 0 Å². The molecule has 21 heavy (non-hydrogen) atoms. The third kappa shape index (κ3) is 3.89. The average Bonchev–Trinajstić information content (AvgIpc) is 2.84. The smallest absolute Gasteiger partial charge is 0.234 e. The molecule has 0 saturated carbocycles. The Kier molecular flexibility index (Phi) is 4.31. The highest BCUT2D eigenvalue weighted by Crippen LogP contribution is 2.14. The van der Waals surface area contributed by atoms with Gasteiger partial charge in [0, 0.05) is 23.7 Å². The van der Waals surface area contributed by atoms with Crippen LogP contribution >= 0.6 is 11.3 Å². The molecule has 4 nitrogen and oxygen atoms in total. The number of hydrogen-bond acceptors (Lipinski definition) is 4. The minimum atomic E-state index is 0.107. The van der Waals surface area contributed by atoms with Crippen molar-refractivity contribution in [2.75, 3.05) is 13.1 Å². The highest BCUT2D eigenvalue weighted by atomic mass is 32.1. The Morgan fingerprint density at radius 1 is 1.38 bits per heavy atom. The molecule has 0 unspecified atom stereocenters. The average molecular weight is 301 g/mol. The lowest BCUT2D eigenvalue weighted by molar-refractivity contribution is -0.125. The fraction of sp³-hybridized carbons (Fsp3) is 0.375. The molecule has 0 aliphatic carbocycles. The Labute approximate surface area is 128 Å². The molecule has 3 rings (SSSR count). The lowest BCUT2D eigenvalue weighted by Gasteiger charge is -2.32. The number of nitrogens with one attached hydrogen (secondary N) is 1. The number of nitrogens with zero attached hydrogens (tertiary/aromatic N) is 2. The van der Waals surface area contributed by atoms with Crippen molar-refractivity contribution in [3.8, 4) is 0 Å². The molecule has 0 spiro atoms. The van der Waals surface area contributed by atoms with Gasteiger partial charge in [-0.1, -0.05) is 30.3 Å². The Hall–Kier alpha value is -1.72. The summed E-state index contributed by atoms with van der Waals surface area (Å²) in [6.07, 6.45) is 0.875. The lowest BCUT2D eigenvalue weighted by atomic mass is 10.0. The van der Waals surface area contributed by atoms with Gasteiger partial charge in [-0.2, -0.15) is 0 Å². The number of piperazine rings is 1. The van der Waals surface area contributed by atoms with Crippen molar-refractivity contribution < 1.29 is 4.79 Å². The molecule has 1 amide bonds. The maximum absolute atomic E-state index is 11.9. The maximum Gasteiger partial charge on any atom is 0.234 e. The van der Waals surface area contributed by atoms with Crippen molar-refractivity contribution in [3.63, 3.8) is 0 Å². The van der Waals surface area contributed by atoms with Gasteiger partial charge in [0.25, 0.3) is 0 Å². The van der Waals surface area contributed by atoms with Gasteiger partial charge in [0.1, 0.15) is 5.01 Å². The van der Waals surface area contributed by atoms with Crippen LogP contribution in [0.2, 0.25) is 0 Å². The van der Waals surface area contributed by atoms with Crippen molar-refractivity contribution in [1.29, 1.82) is 0 Å². The van der Waals surface area contributed by atoms with E-state index in [1.807, 2.05) is 25.1 Å². The second-order valence-electron chi connectivity index (χ2n) is 5.51. The van der Waals surface area contributed by atoms with Gasteiger partial charge in [0.2, 0.25) is 5.91 Å². The molecule has 2 aromatic rings. The Balaban J connectivity index is 1.63. The molecule has 1 atom stereocenters. The van der Waals surface area contributed by atoms with Crippen LogP contribution in [-0.2, 0) is 17.8 Å². The van der Waals surface area contributed by atoms with Gasteiger partial charge in [-0.05, 0) is 18.9 Å². The standard InChI is InChI=1S/C16H19N3OS/c1-12-11-21-16(17-12)10-19-8-14(18-15(20)9-19)7-13-5-3-2-4-6-13/h2-6,11,14H,7-10H2,1H3,(H,18,20)/t14-/m0/s1. The van der Waals surface area contributed by atoms with Gasteiger partial charge in [-0.25, -0.2) is 4.98 Å². The van der Waals surface area contributed by atoms with Crippen LogP contribution in [0.5, 0.6) is 0 Å². The summed E-state index contributed by atoms with van der Waals surface area (Å²) in [5.41, 5.74) is 2.31. The van der Waals surface area contributed by atoms with E-state index in [2.05, 4.69) is 32.7 Å². The number of carbonyl (C=O) groups excluding carboxylic acids is 1. The van der Waals surface area contributed by atoms with Crippen LogP contribution in [0.4, 0.5) is 0 Å². The molecule has 1 saturated heterocycles. The third-order valence-electron chi connectivity index (χ3n) is 3.56. The highest BCUT2D eigenvalue weighted by molar-refractivity contribution is 7.09. The Morgan fingerprint density at radius 2 is 2.19 bits per heavy atom. The minimum Gasteiger partial charge on any atom is -0.351 e. The van der Waals surface area contributed by atoms with Crippen LogP contribution in [0, 0.1) is 6.92 Å². The summed E-state index contributed by atoms with van der Waals surface area (Å²) < 4.78 is 0. The van der Waals surface area contributed by atoms with Gasteiger partial charge < -0.3 is 5.32 Å². The van der Waals surface area contributed by atoms with Gasteiger partial charge >= 0.3 is 0 Å². The summed E-state index contributed by atoms with van der Waals surface area (Å²) in [4.78, 5) is 18.6. The molecular formula is C16H19N3OS. The van der Waals surface area contributed by atoms with Gasteiger partial charge in [0.05, 0.1) is 13.1 Å². The normalized spacial score (nSPS) is 19.5. The van der Waals surface area contributed by atoms with E-state index in [-0.39, 0.29) is 11.9 Å². The van der Waals surface area contributed by atoms with Gasteiger partial charge in [-0.15, -0.1) is 11.3 Å². The largest absolute Gasteiger partial charge is 0.351 e. The van der Waals surface area contributed by atoms with Crippen molar-refractivity contribution in [1.82, 2.24) is 15.2 Å². The lowest BCUT2D eigenvalue weighted by Crippen LogP contribution is -2.54. The van der Waals surface area contributed by atoms with E-state index in [1.165, 1.54) is 5.56 Å². The molecule has 0 bridgehead atoms. The third-order valence-corrected chi connectivity index (χ3v) is 4.51. The Morgan fingerprint density at radius 3 is 2.90 bits per heavy atom. The van der Waals surface area contributed by atoms with Crippen LogP contribution in [0.15, 0.2) is 35.7 Å². The predicted octanol–water partition coefficient (Wildman–Crippen LogP) is 1.99. The minimum absolute atomic E-state index is 0.107. The SMILES string of the molecule is Cc1csc(CN2CC(=O)N[C@@H](Cc3ccccc3)C2)n1. The van der Waals surface area contributed by atoms with Crippen molar-refractivity contribution >= 4 is 17.2 Å². The van der Waals surface area contributed by atoms with Crippen LogP contribution in [0.3, 0.4) is 0 Å². The number of aryl methyl sites for hydroxylation is 1. The summed E-state index contributed by atoms with van der Waals surface area (Å²) in [6, 6.07) is 10.5. The summed E-state index contributed by atoms with van der Waals surface area (Å²) in [6.45, 7) is 4.10. The summed E-state index contributed by atoms with van der Waals surface area (Å²) in [7, 11) is 0.